The van der Waals surface area contributed by atoms with Gasteiger partial charge in [-0.15, -0.1) is 11.3 Å². The highest BCUT2D eigenvalue weighted by Gasteiger charge is 2.22. The van der Waals surface area contributed by atoms with Crippen LogP contribution >= 0.6 is 11.3 Å². The van der Waals surface area contributed by atoms with Crippen molar-refractivity contribution < 1.29 is 0 Å². The quantitative estimate of drug-likeness (QED) is 0.681. The van der Waals surface area contributed by atoms with Crippen LogP contribution in [0.25, 0.3) is 0 Å². The number of fused-ring (bicyclic) bond motifs is 1. The summed E-state index contributed by atoms with van der Waals surface area (Å²) in [5.74, 6) is 1.29. The van der Waals surface area contributed by atoms with Crippen LogP contribution in [0, 0.1) is 5.92 Å². The summed E-state index contributed by atoms with van der Waals surface area (Å²) in [7, 11) is 1.50. The molecule has 1 atom stereocenters. The average molecular weight is 307 g/mol. The molecule has 1 aliphatic rings. The second-order valence-corrected chi connectivity index (χ2v) is 5.88. The summed E-state index contributed by atoms with van der Waals surface area (Å²) in [6.45, 7) is 0.855. The van der Waals surface area contributed by atoms with Gasteiger partial charge in [-0.3, -0.25) is 9.78 Å². The number of nitrogens with zero attached hydrogens (tertiary/aromatic N) is 1. The summed E-state index contributed by atoms with van der Waals surface area (Å²) >= 11 is 1.79. The zero-order chi connectivity index (χ0) is 15.2. The predicted molar refractivity (Wildman–Crippen MR) is 87.7 cm³/mol. The summed E-state index contributed by atoms with van der Waals surface area (Å²) in [4.78, 5) is 19.9. The Labute approximate surface area is 127 Å². The Hall–Kier alpha value is -1.86. The van der Waals surface area contributed by atoms with E-state index in [0.29, 0.717) is 11.7 Å². The average Bonchev–Trinajstić information content (AvgIpc) is 3.01. The second kappa shape index (κ2) is 7.24. The molecule has 1 unspecified atom stereocenters. The van der Waals surface area contributed by atoms with Gasteiger partial charge in [-0.2, -0.15) is 4.98 Å². The Morgan fingerprint density at radius 2 is 2.29 bits per heavy atom. The minimum atomic E-state index is -0.115. The van der Waals surface area contributed by atoms with Crippen molar-refractivity contribution in [3.63, 3.8) is 0 Å². The maximum absolute atomic E-state index is 11.8. The molecule has 1 aliphatic heterocycles. The Bertz CT molecular complexity index is 623. The number of rotatable bonds is 3. The smallest absolute Gasteiger partial charge is 0.257 e. The predicted octanol–water partition coefficient (Wildman–Crippen LogP) is 1.21. The Kier molecular flexibility index (Phi) is 5.35. The van der Waals surface area contributed by atoms with Crippen LogP contribution < -0.4 is 22.3 Å². The zero-order valence-corrected chi connectivity index (χ0v) is 12.9. The van der Waals surface area contributed by atoms with Crippen molar-refractivity contribution in [2.45, 2.75) is 19.3 Å². The molecule has 0 saturated heterocycles. The van der Waals surface area contributed by atoms with E-state index < -0.39 is 0 Å². The van der Waals surface area contributed by atoms with Gasteiger partial charge < -0.3 is 16.8 Å². The lowest BCUT2D eigenvalue weighted by atomic mass is 9.92. The van der Waals surface area contributed by atoms with E-state index in [1.807, 2.05) is 0 Å². The third-order valence-electron chi connectivity index (χ3n) is 3.46. The minimum absolute atomic E-state index is 0.115. The minimum Gasteiger partial charge on any atom is -0.369 e. The fourth-order valence-electron chi connectivity index (χ4n) is 2.46. The number of aromatic nitrogens is 2. The summed E-state index contributed by atoms with van der Waals surface area (Å²) in [6, 6.07) is 4.23. The maximum Gasteiger partial charge on any atom is 0.257 e. The van der Waals surface area contributed by atoms with Crippen molar-refractivity contribution in [3.8, 4) is 0 Å². The molecule has 0 saturated carbocycles. The van der Waals surface area contributed by atoms with Crippen LogP contribution in [0.3, 0.4) is 0 Å². The van der Waals surface area contributed by atoms with E-state index in [9.17, 15) is 4.79 Å². The molecular formula is C14H21N5OS. The molecule has 6 nitrogen and oxygen atoms in total. The third-order valence-corrected chi connectivity index (χ3v) is 4.40. The lowest BCUT2D eigenvalue weighted by Crippen LogP contribution is -2.30. The molecule has 2 aromatic rings. The molecule has 0 aromatic carbocycles. The van der Waals surface area contributed by atoms with Crippen LogP contribution in [0.15, 0.2) is 22.3 Å². The Balaban J connectivity index is 0.000000774. The fourth-order valence-corrected chi connectivity index (χ4v) is 3.18. The number of hydrogen-bond acceptors (Lipinski definition) is 6. The van der Waals surface area contributed by atoms with Crippen molar-refractivity contribution in [1.82, 2.24) is 9.97 Å². The van der Waals surface area contributed by atoms with Gasteiger partial charge in [0.1, 0.15) is 5.82 Å². The van der Waals surface area contributed by atoms with E-state index in [1.165, 1.54) is 11.9 Å². The van der Waals surface area contributed by atoms with Gasteiger partial charge in [0, 0.05) is 11.4 Å². The third kappa shape index (κ3) is 3.83. The second-order valence-electron chi connectivity index (χ2n) is 4.85. The van der Waals surface area contributed by atoms with Crippen molar-refractivity contribution in [3.05, 3.63) is 38.3 Å². The largest absolute Gasteiger partial charge is 0.369 e. The molecule has 0 spiro atoms. The van der Waals surface area contributed by atoms with Gasteiger partial charge in [0.25, 0.3) is 5.56 Å². The highest BCUT2D eigenvalue weighted by molar-refractivity contribution is 7.09. The first-order valence-corrected chi connectivity index (χ1v) is 7.83. The van der Waals surface area contributed by atoms with Crippen LogP contribution in [0.5, 0.6) is 0 Å². The standard InChI is InChI=1S/C13H16N4OS.CH5N/c14-13-16-11-10(12(18)17-13)6-8(7-15-11)3-4-9-2-1-5-19-9;1-2/h1-2,5,8H,3-4,6-7H2,(H4,14,15,16,17,18);2H2,1H3. The van der Waals surface area contributed by atoms with Crippen molar-refractivity contribution in [1.29, 1.82) is 0 Å². The number of H-pyrrole nitrogens is 1. The number of aromatic amines is 1. The van der Waals surface area contributed by atoms with Gasteiger partial charge in [0.05, 0.1) is 5.56 Å². The van der Waals surface area contributed by atoms with Crippen molar-refractivity contribution >= 4 is 23.1 Å². The molecule has 7 heteroatoms. The van der Waals surface area contributed by atoms with E-state index in [-0.39, 0.29) is 11.5 Å². The molecule has 0 aliphatic carbocycles. The number of anilines is 2. The van der Waals surface area contributed by atoms with Gasteiger partial charge in [-0.1, -0.05) is 6.07 Å². The number of nitrogens with one attached hydrogen (secondary N) is 2. The molecule has 0 fully saturated rings. The van der Waals surface area contributed by atoms with E-state index >= 15 is 0 Å². The first-order valence-electron chi connectivity index (χ1n) is 6.95. The number of nitrogens with two attached hydrogens (primary N) is 2. The maximum atomic E-state index is 11.8. The molecular weight excluding hydrogens is 286 g/mol. The molecule has 3 heterocycles. The zero-order valence-electron chi connectivity index (χ0n) is 12.1. The topological polar surface area (TPSA) is 110 Å². The summed E-state index contributed by atoms with van der Waals surface area (Å²) in [5, 5.41) is 5.32. The van der Waals surface area contributed by atoms with Gasteiger partial charge >= 0.3 is 0 Å². The first kappa shape index (κ1) is 15.5. The molecule has 0 amide bonds. The van der Waals surface area contributed by atoms with Crippen LogP contribution in [0.4, 0.5) is 11.8 Å². The molecule has 2 aromatic heterocycles. The summed E-state index contributed by atoms with van der Waals surface area (Å²) in [5.41, 5.74) is 10.7. The lowest BCUT2D eigenvalue weighted by Gasteiger charge is -2.24. The highest BCUT2D eigenvalue weighted by Crippen LogP contribution is 2.24. The van der Waals surface area contributed by atoms with Gasteiger partial charge in [-0.05, 0) is 43.7 Å². The van der Waals surface area contributed by atoms with E-state index in [2.05, 4.69) is 38.5 Å². The molecule has 3 rings (SSSR count). The number of thiophene rings is 1. The van der Waals surface area contributed by atoms with E-state index in [0.717, 1.165) is 31.4 Å². The Morgan fingerprint density at radius 3 is 3.00 bits per heavy atom. The lowest BCUT2D eigenvalue weighted by molar-refractivity contribution is 0.493. The number of aryl methyl sites for hydroxylation is 1. The summed E-state index contributed by atoms with van der Waals surface area (Å²) < 4.78 is 0. The molecule has 0 bridgehead atoms. The van der Waals surface area contributed by atoms with Crippen molar-refractivity contribution in [2.24, 2.45) is 11.7 Å². The van der Waals surface area contributed by atoms with Crippen LogP contribution in [-0.2, 0) is 12.8 Å². The monoisotopic (exact) mass is 307 g/mol. The van der Waals surface area contributed by atoms with Crippen molar-refractivity contribution in [2.75, 3.05) is 24.6 Å². The molecule has 6 N–H and O–H groups in total. The number of hydrogen-bond donors (Lipinski definition) is 4. The van der Waals surface area contributed by atoms with Crippen LogP contribution in [-0.4, -0.2) is 23.6 Å². The molecule has 21 heavy (non-hydrogen) atoms. The summed E-state index contributed by atoms with van der Waals surface area (Å²) in [6.07, 6.45) is 2.92. The Morgan fingerprint density at radius 1 is 1.48 bits per heavy atom. The SMILES string of the molecule is CN.Nc1nc2c(c(=O)[nH]1)CC(CCc1cccs1)CN2. The van der Waals surface area contributed by atoms with Gasteiger partial charge in [0.15, 0.2) is 0 Å². The number of nitrogen functional groups attached to an aromatic ring is 1. The fraction of sp³-hybridized carbons (Fsp3) is 0.429. The molecule has 114 valence electrons. The van der Waals surface area contributed by atoms with Crippen LogP contribution in [0.2, 0.25) is 0 Å². The van der Waals surface area contributed by atoms with Gasteiger partial charge in [0.2, 0.25) is 5.95 Å². The van der Waals surface area contributed by atoms with Crippen LogP contribution in [0.1, 0.15) is 16.9 Å². The van der Waals surface area contributed by atoms with E-state index in [1.54, 1.807) is 11.3 Å². The first-order chi connectivity index (χ1) is 10.2. The van der Waals surface area contributed by atoms with E-state index in [4.69, 9.17) is 5.73 Å². The highest BCUT2D eigenvalue weighted by atomic mass is 32.1. The molecule has 0 radical (unpaired) electrons. The normalized spacial score (nSPS) is 16.4. The van der Waals surface area contributed by atoms with Gasteiger partial charge in [-0.25, -0.2) is 0 Å².